The molecule has 0 saturated heterocycles. The van der Waals surface area contributed by atoms with E-state index in [4.69, 9.17) is 28.2 Å². The van der Waals surface area contributed by atoms with Gasteiger partial charge < -0.3 is 28.2 Å². The Morgan fingerprint density at radius 1 is 1.00 bits per heavy atom. The molecule has 0 unspecified atom stereocenters. The molecule has 0 bridgehead atoms. The van der Waals surface area contributed by atoms with E-state index in [9.17, 15) is 13.9 Å². The summed E-state index contributed by atoms with van der Waals surface area (Å²) < 4.78 is 54.9. The van der Waals surface area contributed by atoms with Crippen LogP contribution in [0.1, 0.15) is 46.3 Å². The van der Waals surface area contributed by atoms with Crippen LogP contribution in [0.5, 0.6) is 0 Å². The summed E-state index contributed by atoms with van der Waals surface area (Å²) in [6, 6.07) is 1.95. The van der Waals surface area contributed by atoms with Gasteiger partial charge in [-0.1, -0.05) is 0 Å². The Balaban J connectivity index is 3.76. The second-order valence-corrected chi connectivity index (χ2v) is 10.6. The molecule has 1 aromatic rings. The van der Waals surface area contributed by atoms with Crippen LogP contribution in [-0.2, 0) is 32.0 Å². The van der Waals surface area contributed by atoms with Crippen LogP contribution in [0, 0.1) is 0 Å². The zero-order chi connectivity index (χ0) is 21.4. The van der Waals surface area contributed by atoms with E-state index in [0.29, 0.717) is 0 Å². The normalized spacial score (nSPS) is 15.0. The van der Waals surface area contributed by atoms with Crippen LogP contribution in [-0.4, -0.2) is 43.7 Å². The summed E-state index contributed by atoms with van der Waals surface area (Å²) in [5, 5.41) is -1.48. The van der Waals surface area contributed by atoms with E-state index in [1.807, 2.05) is 0 Å². The fourth-order valence-electron chi connectivity index (χ4n) is 2.91. The SMILES string of the molecule is CCOP(=O)(OCC)C([C@H](c1ccco1)[C@H](N)C(C)=O)P(=O)(OCC)OCC. The van der Waals surface area contributed by atoms with E-state index in [1.165, 1.54) is 13.2 Å². The Hall–Kier alpha value is -0.790. The molecule has 0 aliphatic heterocycles. The number of ketones is 1. The van der Waals surface area contributed by atoms with Gasteiger partial charge in [-0.2, -0.15) is 0 Å². The van der Waals surface area contributed by atoms with Gasteiger partial charge in [-0.15, -0.1) is 0 Å². The summed E-state index contributed by atoms with van der Waals surface area (Å²) >= 11 is 0. The third kappa shape index (κ3) is 5.86. The van der Waals surface area contributed by atoms with E-state index in [0.717, 1.165) is 0 Å². The van der Waals surface area contributed by atoms with Gasteiger partial charge in [0.2, 0.25) is 0 Å². The predicted molar refractivity (Wildman–Crippen MR) is 106 cm³/mol. The summed E-state index contributed by atoms with van der Waals surface area (Å²) in [5.41, 5.74) is 6.16. The van der Waals surface area contributed by atoms with E-state index < -0.39 is 38.3 Å². The average molecular weight is 439 g/mol. The van der Waals surface area contributed by atoms with Gasteiger partial charge in [0.05, 0.1) is 44.7 Å². The van der Waals surface area contributed by atoms with Crippen LogP contribution in [0.2, 0.25) is 0 Å². The lowest BCUT2D eigenvalue weighted by Crippen LogP contribution is -2.42. The minimum atomic E-state index is -4.11. The molecule has 0 aromatic carbocycles. The zero-order valence-electron chi connectivity index (χ0n) is 17.0. The Kier molecular flexibility index (Phi) is 10.3. The lowest BCUT2D eigenvalue weighted by molar-refractivity contribution is -0.118. The Labute approximate surface area is 166 Å². The number of carbonyl (C=O) groups excluding carboxylic acids is 1. The minimum Gasteiger partial charge on any atom is -0.469 e. The maximum absolute atomic E-state index is 13.8. The Bertz CT molecular complexity index is 643. The third-order valence-corrected chi connectivity index (χ3v) is 10.0. The molecule has 1 rings (SSSR count). The first-order chi connectivity index (χ1) is 13.2. The molecule has 0 fully saturated rings. The highest BCUT2D eigenvalue weighted by molar-refractivity contribution is 7.72. The first kappa shape index (κ1) is 25.2. The second kappa shape index (κ2) is 11.4. The number of nitrogens with two attached hydrogens (primary N) is 1. The van der Waals surface area contributed by atoms with E-state index in [2.05, 4.69) is 0 Å². The van der Waals surface area contributed by atoms with Crippen molar-refractivity contribution >= 4 is 21.0 Å². The maximum Gasteiger partial charge on any atom is 0.346 e. The van der Waals surface area contributed by atoms with Crippen LogP contribution in [0.15, 0.2) is 22.8 Å². The molecule has 1 heterocycles. The Morgan fingerprint density at radius 2 is 1.43 bits per heavy atom. The fraction of sp³-hybridized carbons (Fsp3) is 0.706. The van der Waals surface area contributed by atoms with Crippen LogP contribution in [0.4, 0.5) is 0 Å². The summed E-state index contributed by atoms with van der Waals surface area (Å²) in [6.07, 6.45) is 1.38. The third-order valence-electron chi connectivity index (χ3n) is 3.93. The number of furan rings is 1. The van der Waals surface area contributed by atoms with Crippen molar-refractivity contribution in [2.45, 2.75) is 52.0 Å². The monoisotopic (exact) mass is 439 g/mol. The highest BCUT2D eigenvalue weighted by atomic mass is 31.2. The summed E-state index contributed by atoms with van der Waals surface area (Å²) in [4.78, 5) is 12.2. The zero-order valence-corrected chi connectivity index (χ0v) is 18.8. The molecule has 9 nitrogen and oxygen atoms in total. The van der Waals surface area contributed by atoms with Gasteiger partial charge >= 0.3 is 15.2 Å². The average Bonchev–Trinajstić information content (AvgIpc) is 3.13. The minimum absolute atomic E-state index is 0.0201. The van der Waals surface area contributed by atoms with Gasteiger partial charge in [0.1, 0.15) is 11.5 Å². The number of carbonyl (C=O) groups is 1. The van der Waals surface area contributed by atoms with Crippen molar-refractivity contribution in [2.24, 2.45) is 5.73 Å². The van der Waals surface area contributed by atoms with E-state index >= 15 is 0 Å². The first-order valence-corrected chi connectivity index (χ1v) is 12.5. The van der Waals surface area contributed by atoms with Crippen molar-refractivity contribution in [3.8, 4) is 0 Å². The van der Waals surface area contributed by atoms with E-state index in [-0.39, 0.29) is 32.2 Å². The van der Waals surface area contributed by atoms with Gasteiger partial charge in [-0.3, -0.25) is 13.9 Å². The molecule has 2 atom stereocenters. The van der Waals surface area contributed by atoms with Gasteiger partial charge in [0.15, 0.2) is 5.40 Å². The summed E-state index contributed by atoms with van der Waals surface area (Å²) in [5.74, 6) is -1.31. The lowest BCUT2D eigenvalue weighted by Gasteiger charge is -2.37. The van der Waals surface area contributed by atoms with Crippen molar-refractivity contribution in [1.82, 2.24) is 0 Å². The lowest BCUT2D eigenvalue weighted by atomic mass is 9.96. The molecular formula is C17H31NO8P2. The smallest absolute Gasteiger partial charge is 0.346 e. The van der Waals surface area contributed by atoms with Crippen molar-refractivity contribution in [2.75, 3.05) is 26.4 Å². The maximum atomic E-state index is 13.8. The molecule has 11 heteroatoms. The molecular weight excluding hydrogens is 408 g/mol. The molecule has 0 spiro atoms. The second-order valence-electron chi connectivity index (χ2n) is 5.84. The van der Waals surface area contributed by atoms with E-state index in [1.54, 1.807) is 39.8 Å². The van der Waals surface area contributed by atoms with Crippen LogP contribution in [0.3, 0.4) is 0 Å². The molecule has 0 aliphatic carbocycles. The molecule has 1 aromatic heterocycles. The number of hydrogen-bond donors (Lipinski definition) is 1. The topological polar surface area (TPSA) is 127 Å². The fourth-order valence-corrected chi connectivity index (χ4v) is 8.75. The largest absolute Gasteiger partial charge is 0.469 e. The molecule has 0 aliphatic rings. The van der Waals surface area contributed by atoms with Gasteiger partial charge in [0, 0.05) is 0 Å². The molecule has 0 saturated carbocycles. The number of hydrogen-bond acceptors (Lipinski definition) is 9. The van der Waals surface area contributed by atoms with Gasteiger partial charge in [0.25, 0.3) is 0 Å². The van der Waals surface area contributed by atoms with Crippen LogP contribution < -0.4 is 5.73 Å². The highest BCUT2D eigenvalue weighted by Gasteiger charge is 2.58. The quantitative estimate of drug-likeness (QED) is 0.425. The van der Waals surface area contributed by atoms with Crippen molar-refractivity contribution in [3.63, 3.8) is 0 Å². The summed E-state index contributed by atoms with van der Waals surface area (Å²) in [7, 11) is -8.21. The standard InChI is InChI=1S/C17H31NO8P2/c1-6-23-27(20,24-7-2)17(28(21,25-8-3)26-9-4)15(16(18)13(5)19)14-11-10-12-22-14/h10-12,15-17H,6-9,18H2,1-5H3/t15-,16-/m1/s1. The molecule has 0 radical (unpaired) electrons. The van der Waals surface area contributed by atoms with Crippen LogP contribution >= 0.6 is 15.2 Å². The Morgan fingerprint density at radius 3 is 1.71 bits per heavy atom. The summed E-state index contributed by atoms with van der Waals surface area (Å²) in [6.45, 7) is 7.88. The molecule has 28 heavy (non-hydrogen) atoms. The number of Topliss-reactive ketones (excluding diaryl/α,β-unsaturated/α-hetero) is 1. The van der Waals surface area contributed by atoms with Crippen LogP contribution in [0.25, 0.3) is 0 Å². The molecule has 2 N–H and O–H groups in total. The van der Waals surface area contributed by atoms with Crippen molar-refractivity contribution in [1.29, 1.82) is 0 Å². The van der Waals surface area contributed by atoms with Crippen molar-refractivity contribution in [3.05, 3.63) is 24.2 Å². The van der Waals surface area contributed by atoms with Gasteiger partial charge in [-0.05, 0) is 46.8 Å². The number of rotatable bonds is 14. The van der Waals surface area contributed by atoms with Gasteiger partial charge in [-0.25, -0.2) is 0 Å². The predicted octanol–water partition coefficient (Wildman–Crippen LogP) is 4.14. The highest BCUT2D eigenvalue weighted by Crippen LogP contribution is 2.74. The molecule has 0 amide bonds. The molecule has 162 valence electrons. The van der Waals surface area contributed by atoms with Crippen molar-refractivity contribution < 1.29 is 36.4 Å². The first-order valence-electron chi connectivity index (χ1n) is 9.27.